The van der Waals surface area contributed by atoms with Crippen LogP contribution >= 0.6 is 28.6 Å². The minimum Gasteiger partial charge on any atom is -0.355 e. The number of fused-ring (bicyclic) bond motifs is 13. The van der Waals surface area contributed by atoms with Gasteiger partial charge in [-0.05, 0) is 91.8 Å². The fraction of sp³-hybridized carbons (Fsp3) is 0.0455. The Hall–Kier alpha value is -4.83. The molecule has 2 aliphatic rings. The van der Waals surface area contributed by atoms with Crippen LogP contribution in [0.1, 0.15) is 22.3 Å². The lowest BCUT2D eigenvalue weighted by atomic mass is 9.70. The minimum atomic E-state index is -0.180. The van der Waals surface area contributed by atoms with E-state index in [1.54, 1.807) is 0 Å². The molecule has 8 aromatic rings. The number of nitrogens with one attached hydrogen (secondary N) is 1. The fourth-order valence-electron chi connectivity index (χ4n) is 7.76. The van der Waals surface area contributed by atoms with E-state index < -0.39 is 0 Å². The van der Waals surface area contributed by atoms with Crippen LogP contribution in [-0.4, -0.2) is 10.8 Å². The van der Waals surface area contributed by atoms with E-state index in [1.807, 2.05) is 18.0 Å². The van der Waals surface area contributed by atoms with Gasteiger partial charge in [-0.25, -0.2) is 0 Å². The smallest absolute Gasteiger partial charge is 0.0725 e. The summed E-state index contributed by atoms with van der Waals surface area (Å²) in [5, 5.41) is 2.54. The van der Waals surface area contributed by atoms with Gasteiger partial charge in [0.15, 0.2) is 0 Å². The molecule has 3 heteroatoms. The number of rotatable bonds is 1. The number of aromatic amines is 1. The molecular weight excluding hydrogens is 654 g/mol. The van der Waals surface area contributed by atoms with Crippen molar-refractivity contribution in [1.29, 1.82) is 0 Å². The van der Waals surface area contributed by atoms with Gasteiger partial charge in [0.25, 0.3) is 0 Å². The Kier molecular flexibility index (Phi) is 7.60. The zero-order chi connectivity index (χ0) is 32.0. The second-order valence-electron chi connectivity index (χ2n) is 11.9. The first-order chi connectivity index (χ1) is 23.2. The van der Waals surface area contributed by atoms with Gasteiger partial charge in [0.1, 0.15) is 0 Å². The van der Waals surface area contributed by atoms with E-state index in [9.17, 15) is 0 Å². The summed E-state index contributed by atoms with van der Waals surface area (Å²) in [6, 6.07) is 58.9. The highest BCUT2D eigenvalue weighted by atomic mass is 79.9. The number of benzene rings is 7. The molecule has 1 spiro atoms. The van der Waals surface area contributed by atoms with Crippen LogP contribution in [0.15, 0.2) is 169 Å². The summed E-state index contributed by atoms with van der Waals surface area (Å²) in [7, 11) is 0. The van der Waals surface area contributed by atoms with Crippen LogP contribution in [0.25, 0.3) is 55.2 Å². The van der Waals surface area contributed by atoms with Crippen molar-refractivity contribution in [2.75, 3.05) is 5.83 Å². The Morgan fingerprint density at radius 2 is 0.872 bits per heavy atom. The molecule has 7 aromatic carbocycles. The van der Waals surface area contributed by atoms with E-state index in [1.165, 1.54) is 77.4 Å². The SMILES string of the molecule is CBr.Sc1cccc(-c2ccc3[nH]c4ccccc4c3c2)c1.c1ccc2c(c1)-c1ccccc1C21c2ccccc2-c2ccccc21. The molecule has 226 valence electrons. The van der Waals surface area contributed by atoms with Crippen molar-refractivity contribution in [2.24, 2.45) is 0 Å². The maximum absolute atomic E-state index is 4.42. The highest BCUT2D eigenvalue weighted by Gasteiger charge is 2.51. The second kappa shape index (κ2) is 12.1. The number of thiol groups is 1. The molecule has 47 heavy (non-hydrogen) atoms. The molecule has 1 heterocycles. The van der Waals surface area contributed by atoms with Crippen molar-refractivity contribution in [3.63, 3.8) is 0 Å². The Bertz CT molecular complexity index is 2230. The topological polar surface area (TPSA) is 15.8 Å². The fourth-order valence-corrected chi connectivity index (χ4v) is 7.99. The van der Waals surface area contributed by atoms with Crippen molar-refractivity contribution < 1.29 is 0 Å². The molecule has 0 unspecified atom stereocenters. The summed E-state index contributed by atoms with van der Waals surface area (Å²) in [5.74, 6) is 1.81. The molecule has 1 aromatic heterocycles. The molecule has 0 fully saturated rings. The zero-order valence-electron chi connectivity index (χ0n) is 25.9. The maximum Gasteiger partial charge on any atom is 0.0725 e. The quantitative estimate of drug-likeness (QED) is 0.126. The van der Waals surface area contributed by atoms with Crippen LogP contribution in [0.5, 0.6) is 0 Å². The molecule has 1 N–H and O–H groups in total. The highest BCUT2D eigenvalue weighted by molar-refractivity contribution is 9.08. The van der Waals surface area contributed by atoms with Crippen LogP contribution in [0.2, 0.25) is 0 Å². The van der Waals surface area contributed by atoms with Crippen molar-refractivity contribution in [3.8, 4) is 33.4 Å². The van der Waals surface area contributed by atoms with E-state index in [0.717, 1.165) is 4.90 Å². The first kappa shape index (κ1) is 29.6. The summed E-state index contributed by atoms with van der Waals surface area (Å²) in [6.45, 7) is 0. The molecular formula is C44H32BrNS. The van der Waals surface area contributed by atoms with Crippen LogP contribution < -0.4 is 0 Å². The number of aromatic nitrogens is 1. The average molecular weight is 687 g/mol. The van der Waals surface area contributed by atoms with Gasteiger partial charge in [0, 0.05) is 26.7 Å². The van der Waals surface area contributed by atoms with Gasteiger partial charge in [-0.3, -0.25) is 0 Å². The lowest BCUT2D eigenvalue weighted by Crippen LogP contribution is -2.25. The van der Waals surface area contributed by atoms with E-state index in [4.69, 9.17) is 0 Å². The molecule has 0 radical (unpaired) electrons. The summed E-state index contributed by atoms with van der Waals surface area (Å²) in [6.07, 6.45) is 0. The lowest BCUT2D eigenvalue weighted by Gasteiger charge is -2.30. The number of H-pyrrole nitrogens is 1. The van der Waals surface area contributed by atoms with Gasteiger partial charge in [-0.15, -0.1) is 12.6 Å². The standard InChI is InChI=1S/C25H16.C18H13NS.CH3Br/c1-5-13-21-17(9-1)18-10-2-6-14-22(18)25(21)23-15-7-3-11-19(23)20-12-4-8-16-24(20)25;20-14-5-3-4-12(10-14)13-8-9-18-16(11-13)15-6-1-2-7-17(15)19-18;1-2/h1-16H;1-11,19-20H;1H3. The van der Waals surface area contributed by atoms with Crippen LogP contribution in [0.4, 0.5) is 0 Å². The normalized spacial score (nSPS) is 12.7. The third-order valence-electron chi connectivity index (χ3n) is 9.59. The third kappa shape index (κ3) is 4.60. The Labute approximate surface area is 289 Å². The summed E-state index contributed by atoms with van der Waals surface area (Å²) in [4.78, 5) is 4.44. The van der Waals surface area contributed by atoms with Crippen molar-refractivity contribution >= 4 is 50.4 Å². The number of alkyl halides is 1. The van der Waals surface area contributed by atoms with Crippen molar-refractivity contribution in [2.45, 2.75) is 10.3 Å². The van der Waals surface area contributed by atoms with Gasteiger partial charge in [0.05, 0.1) is 5.41 Å². The molecule has 2 aliphatic carbocycles. The molecule has 1 nitrogen and oxygen atoms in total. The zero-order valence-corrected chi connectivity index (χ0v) is 28.4. The highest BCUT2D eigenvalue weighted by Crippen LogP contribution is 2.62. The molecule has 10 rings (SSSR count). The van der Waals surface area contributed by atoms with E-state index in [0.29, 0.717) is 0 Å². The van der Waals surface area contributed by atoms with Crippen LogP contribution in [0.3, 0.4) is 0 Å². The average Bonchev–Trinajstić information content (AvgIpc) is 3.77. The monoisotopic (exact) mass is 685 g/mol. The summed E-state index contributed by atoms with van der Waals surface area (Å²) < 4.78 is 0. The maximum atomic E-state index is 4.42. The van der Waals surface area contributed by atoms with E-state index in [2.05, 4.69) is 185 Å². The number of hydrogen-bond donors (Lipinski definition) is 2. The minimum absolute atomic E-state index is 0.180. The van der Waals surface area contributed by atoms with Gasteiger partial charge >= 0.3 is 0 Å². The molecule has 0 aliphatic heterocycles. The predicted octanol–water partition coefficient (Wildman–Crippen LogP) is 12.3. The van der Waals surface area contributed by atoms with Gasteiger partial charge in [-0.2, -0.15) is 0 Å². The van der Waals surface area contributed by atoms with Gasteiger partial charge in [0.2, 0.25) is 0 Å². The van der Waals surface area contributed by atoms with Crippen molar-refractivity contribution in [3.05, 3.63) is 186 Å². The van der Waals surface area contributed by atoms with Gasteiger partial charge < -0.3 is 4.98 Å². The van der Waals surface area contributed by atoms with Gasteiger partial charge in [-0.1, -0.05) is 149 Å². The largest absolute Gasteiger partial charge is 0.355 e. The third-order valence-corrected chi connectivity index (χ3v) is 9.87. The molecule has 0 bridgehead atoms. The first-order valence-corrected chi connectivity index (χ1v) is 17.8. The Morgan fingerprint density at radius 3 is 1.40 bits per heavy atom. The summed E-state index contributed by atoms with van der Waals surface area (Å²) in [5.41, 5.74) is 15.7. The number of para-hydroxylation sites is 1. The first-order valence-electron chi connectivity index (χ1n) is 15.8. The molecule has 0 saturated carbocycles. The van der Waals surface area contributed by atoms with Crippen LogP contribution in [0, 0.1) is 0 Å². The second-order valence-corrected chi connectivity index (χ2v) is 12.4. The Balaban J connectivity index is 0.000000134. The number of hydrogen-bond acceptors (Lipinski definition) is 1. The van der Waals surface area contributed by atoms with E-state index >= 15 is 0 Å². The Morgan fingerprint density at radius 1 is 0.426 bits per heavy atom. The molecule has 0 amide bonds. The molecule has 0 atom stereocenters. The lowest BCUT2D eigenvalue weighted by molar-refractivity contribution is 0.794. The van der Waals surface area contributed by atoms with E-state index in [-0.39, 0.29) is 5.41 Å². The predicted molar refractivity (Wildman–Crippen MR) is 206 cm³/mol. The summed E-state index contributed by atoms with van der Waals surface area (Å²) >= 11 is 7.36. The van der Waals surface area contributed by atoms with Crippen LogP contribution in [-0.2, 0) is 5.41 Å². The molecule has 0 saturated heterocycles. The number of halogens is 1. The van der Waals surface area contributed by atoms with Crippen molar-refractivity contribution in [1.82, 2.24) is 4.98 Å².